The van der Waals surface area contributed by atoms with Crippen LogP contribution in [0.5, 0.6) is 0 Å². The maximum absolute atomic E-state index is 10.2. The molecule has 6 heteroatoms. The minimum absolute atomic E-state index is 0.236. The fraction of sp³-hybridized carbons (Fsp3) is 0.417. The van der Waals surface area contributed by atoms with Gasteiger partial charge in [-0.3, -0.25) is 4.99 Å². The smallest absolute Gasteiger partial charge is 0.127 e. The van der Waals surface area contributed by atoms with Gasteiger partial charge in [0.15, 0.2) is 0 Å². The van der Waals surface area contributed by atoms with Gasteiger partial charge in [-0.2, -0.15) is 5.26 Å². The number of nitriles is 1. The van der Waals surface area contributed by atoms with Gasteiger partial charge in [-0.1, -0.05) is 30.8 Å². The zero-order valence-corrected chi connectivity index (χ0v) is 18.6. The summed E-state index contributed by atoms with van der Waals surface area (Å²) in [5.41, 5.74) is 9.81. The van der Waals surface area contributed by atoms with Crippen LogP contribution in [-0.4, -0.2) is 43.0 Å². The van der Waals surface area contributed by atoms with Crippen LogP contribution in [-0.2, 0) is 0 Å². The molecule has 156 valence electrons. The molecule has 2 aliphatic heterocycles. The summed E-state index contributed by atoms with van der Waals surface area (Å²) in [5, 5.41) is 10.2. The summed E-state index contributed by atoms with van der Waals surface area (Å²) in [6, 6.07) is 15.2. The van der Waals surface area contributed by atoms with Crippen molar-refractivity contribution in [2.24, 2.45) is 10.7 Å². The molecular formula is C24H29N5S. The lowest BCUT2D eigenvalue weighted by atomic mass is 10.0. The summed E-state index contributed by atoms with van der Waals surface area (Å²) >= 11 is 1.73. The van der Waals surface area contributed by atoms with Crippen molar-refractivity contribution in [1.82, 2.24) is 4.90 Å². The molecule has 0 amide bonds. The molecular weight excluding hydrogens is 390 g/mol. The summed E-state index contributed by atoms with van der Waals surface area (Å²) in [5.74, 6) is 0.451. The maximum atomic E-state index is 10.2. The van der Waals surface area contributed by atoms with E-state index < -0.39 is 0 Å². The van der Waals surface area contributed by atoms with Crippen LogP contribution in [0.2, 0.25) is 0 Å². The first-order chi connectivity index (χ1) is 14.6. The van der Waals surface area contributed by atoms with Crippen molar-refractivity contribution in [2.45, 2.75) is 48.9 Å². The van der Waals surface area contributed by atoms with Crippen LogP contribution in [0.25, 0.3) is 0 Å². The van der Waals surface area contributed by atoms with E-state index in [1.165, 1.54) is 23.4 Å². The van der Waals surface area contributed by atoms with Gasteiger partial charge in [-0.05, 0) is 63.5 Å². The third kappa shape index (κ3) is 3.92. The summed E-state index contributed by atoms with van der Waals surface area (Å²) < 4.78 is 0. The summed E-state index contributed by atoms with van der Waals surface area (Å²) in [6.07, 6.45) is 3.47. The largest absolute Gasteiger partial charge is 0.383 e. The third-order valence-corrected chi connectivity index (χ3v) is 6.90. The number of rotatable bonds is 6. The van der Waals surface area contributed by atoms with Gasteiger partial charge in [0.2, 0.25) is 0 Å². The molecule has 5 nitrogen and oxygen atoms in total. The minimum Gasteiger partial charge on any atom is -0.383 e. The lowest BCUT2D eigenvalue weighted by Gasteiger charge is -2.39. The van der Waals surface area contributed by atoms with Gasteiger partial charge in [0.25, 0.3) is 0 Å². The minimum atomic E-state index is 0.236. The van der Waals surface area contributed by atoms with E-state index in [1.807, 2.05) is 6.07 Å². The van der Waals surface area contributed by atoms with Crippen LogP contribution in [0.1, 0.15) is 44.2 Å². The fourth-order valence-electron chi connectivity index (χ4n) is 4.40. The second-order valence-corrected chi connectivity index (χ2v) is 9.09. The number of benzene rings is 2. The van der Waals surface area contributed by atoms with Crippen molar-refractivity contribution in [3.8, 4) is 6.07 Å². The van der Waals surface area contributed by atoms with Crippen molar-refractivity contribution < 1.29 is 0 Å². The van der Waals surface area contributed by atoms with Crippen molar-refractivity contribution in [2.75, 3.05) is 31.1 Å². The van der Waals surface area contributed by atoms with Crippen molar-refractivity contribution in [1.29, 1.82) is 5.26 Å². The molecule has 0 aliphatic carbocycles. The van der Waals surface area contributed by atoms with Gasteiger partial charge in [-0.25, -0.2) is 0 Å². The lowest BCUT2D eigenvalue weighted by Crippen LogP contribution is -2.40. The average molecular weight is 420 g/mol. The van der Waals surface area contributed by atoms with E-state index in [0.29, 0.717) is 17.9 Å². The number of fused-ring (bicyclic) bond motifs is 2. The zero-order chi connectivity index (χ0) is 21.1. The van der Waals surface area contributed by atoms with E-state index in [4.69, 9.17) is 5.73 Å². The summed E-state index contributed by atoms with van der Waals surface area (Å²) in [6.45, 7) is 8.29. The Hall–Kier alpha value is -2.49. The van der Waals surface area contributed by atoms with E-state index >= 15 is 0 Å². The monoisotopic (exact) mass is 419 g/mol. The number of amidine groups is 1. The highest BCUT2D eigenvalue weighted by atomic mass is 32.2. The molecule has 0 bridgehead atoms. The van der Waals surface area contributed by atoms with Gasteiger partial charge in [0.05, 0.1) is 16.9 Å². The molecule has 2 aliphatic rings. The highest BCUT2D eigenvalue weighted by Crippen LogP contribution is 2.50. The van der Waals surface area contributed by atoms with E-state index in [0.717, 1.165) is 42.2 Å². The molecule has 0 saturated carbocycles. The highest BCUT2D eigenvalue weighted by molar-refractivity contribution is 7.99. The Labute approximate surface area is 183 Å². The second kappa shape index (κ2) is 9.11. The molecule has 2 aromatic rings. The molecule has 1 unspecified atom stereocenters. The fourth-order valence-corrected chi connectivity index (χ4v) is 5.49. The van der Waals surface area contributed by atoms with Crippen molar-refractivity contribution >= 4 is 29.0 Å². The lowest BCUT2D eigenvalue weighted by molar-refractivity contribution is 0.319. The molecule has 0 spiro atoms. The van der Waals surface area contributed by atoms with Crippen molar-refractivity contribution in [3.05, 3.63) is 47.5 Å². The number of aliphatic imine (C=N–C) groups is 1. The molecule has 1 atom stereocenters. The Kier molecular flexibility index (Phi) is 6.31. The average Bonchev–Trinajstić information content (AvgIpc) is 3.27. The third-order valence-electron chi connectivity index (χ3n) is 5.78. The van der Waals surface area contributed by atoms with Crippen molar-refractivity contribution in [3.63, 3.8) is 0 Å². The highest BCUT2D eigenvalue weighted by Gasteiger charge is 2.32. The Morgan fingerprint density at radius 3 is 2.70 bits per heavy atom. The van der Waals surface area contributed by atoms with E-state index in [9.17, 15) is 5.26 Å². The summed E-state index contributed by atoms with van der Waals surface area (Å²) in [7, 11) is 0. The molecule has 2 heterocycles. The number of para-hydroxylation sites is 1. The molecule has 0 radical (unpaired) electrons. The van der Waals surface area contributed by atoms with E-state index in [1.54, 1.807) is 11.8 Å². The van der Waals surface area contributed by atoms with Crippen LogP contribution >= 0.6 is 11.8 Å². The molecule has 1 saturated heterocycles. The number of likely N-dealkylation sites (tertiary alicyclic amines) is 1. The molecule has 1 fully saturated rings. The van der Waals surface area contributed by atoms with E-state index in [2.05, 4.69) is 65.0 Å². The number of nitrogens with two attached hydrogens (primary N) is 1. The molecule has 30 heavy (non-hydrogen) atoms. The van der Waals surface area contributed by atoms with Gasteiger partial charge in [0.1, 0.15) is 11.9 Å². The standard InChI is InChI=1S/C24H29N5S/c1-3-12-27-24(26)18-10-11-22-23(19(18)15-25)29(17(2)16-28-13-6-7-14-28)20-8-4-5-9-21(20)30-22/h4-5,8-11,17H,3,6-7,12-14,16H2,1-2H3,(H2,26,27). The predicted molar refractivity (Wildman–Crippen MR) is 125 cm³/mol. The normalized spacial score (nSPS) is 17.4. The van der Waals surface area contributed by atoms with E-state index in [-0.39, 0.29) is 6.04 Å². The molecule has 2 aromatic carbocycles. The Bertz CT molecular complexity index is 988. The number of hydrogen-bond donors (Lipinski definition) is 1. The SMILES string of the molecule is CCCN=C(N)c1ccc2c(c1C#N)N(C(C)CN1CCCC1)c1ccccc1S2. The van der Waals surface area contributed by atoms with Gasteiger partial charge < -0.3 is 15.5 Å². The first-order valence-electron chi connectivity index (χ1n) is 10.8. The Balaban J connectivity index is 1.82. The first kappa shape index (κ1) is 20.8. The number of anilines is 2. The van der Waals surface area contributed by atoms with Crippen LogP contribution < -0.4 is 10.6 Å². The van der Waals surface area contributed by atoms with Gasteiger partial charge in [-0.15, -0.1) is 0 Å². The summed E-state index contributed by atoms with van der Waals surface area (Å²) in [4.78, 5) is 11.7. The molecule has 4 rings (SSSR count). The Morgan fingerprint density at radius 2 is 1.97 bits per heavy atom. The van der Waals surface area contributed by atoms with Crippen LogP contribution in [0.4, 0.5) is 11.4 Å². The number of hydrogen-bond acceptors (Lipinski definition) is 5. The zero-order valence-electron chi connectivity index (χ0n) is 17.8. The molecule has 0 aromatic heterocycles. The van der Waals surface area contributed by atoms with Gasteiger partial charge in [0, 0.05) is 34.5 Å². The van der Waals surface area contributed by atoms with Crippen LogP contribution in [0.15, 0.2) is 51.2 Å². The molecule has 2 N–H and O–H groups in total. The topological polar surface area (TPSA) is 68.6 Å². The number of nitrogens with zero attached hydrogens (tertiary/aromatic N) is 4. The Morgan fingerprint density at radius 1 is 1.20 bits per heavy atom. The maximum Gasteiger partial charge on any atom is 0.127 e. The van der Waals surface area contributed by atoms with Gasteiger partial charge >= 0.3 is 0 Å². The van der Waals surface area contributed by atoms with Crippen LogP contribution in [0.3, 0.4) is 0 Å². The first-order valence-corrected chi connectivity index (χ1v) is 11.6. The van der Waals surface area contributed by atoms with Crippen LogP contribution in [0, 0.1) is 11.3 Å². The quantitative estimate of drug-likeness (QED) is 0.540. The predicted octanol–water partition coefficient (Wildman–Crippen LogP) is 4.76. The second-order valence-electron chi connectivity index (χ2n) is 8.01.